The Balaban J connectivity index is 2.37. The van der Waals surface area contributed by atoms with Crippen molar-refractivity contribution in [3.05, 3.63) is 29.5 Å². The molecule has 19 heavy (non-hydrogen) atoms. The number of fused-ring (bicyclic) bond motifs is 1. The molecule has 0 aliphatic heterocycles. The topological polar surface area (TPSA) is 70.8 Å². The van der Waals surface area contributed by atoms with Crippen LogP contribution in [0.4, 0.5) is 5.69 Å². The summed E-state index contributed by atoms with van der Waals surface area (Å²) in [6.45, 7) is 3.43. The summed E-state index contributed by atoms with van der Waals surface area (Å²) >= 11 is 0. The Kier molecular flexibility index (Phi) is 4.26. The van der Waals surface area contributed by atoms with E-state index >= 15 is 0 Å². The number of nitrogens with zero attached hydrogens (tertiary/aromatic N) is 3. The van der Waals surface area contributed by atoms with Crippen LogP contribution in [-0.2, 0) is 4.74 Å². The molecule has 2 rings (SSSR count). The van der Waals surface area contributed by atoms with E-state index in [1.165, 1.54) is 0 Å². The third-order valence-electron chi connectivity index (χ3n) is 2.85. The van der Waals surface area contributed by atoms with E-state index in [0.717, 1.165) is 35.1 Å². The lowest BCUT2D eigenvalue weighted by Crippen LogP contribution is -2.08. The number of nitriles is 1. The van der Waals surface area contributed by atoms with Gasteiger partial charge in [-0.25, -0.2) is 0 Å². The highest BCUT2D eigenvalue weighted by molar-refractivity contribution is 5.93. The molecule has 0 unspecified atom stereocenters. The summed E-state index contributed by atoms with van der Waals surface area (Å²) < 4.78 is 5.01. The van der Waals surface area contributed by atoms with Crippen LogP contribution in [0.2, 0.25) is 0 Å². The molecule has 5 heteroatoms. The Hall–Kier alpha value is -2.19. The van der Waals surface area contributed by atoms with Crippen molar-refractivity contribution in [3.8, 4) is 6.07 Å². The van der Waals surface area contributed by atoms with Crippen LogP contribution in [0.1, 0.15) is 17.7 Å². The van der Waals surface area contributed by atoms with E-state index in [2.05, 4.69) is 21.6 Å². The third-order valence-corrected chi connectivity index (χ3v) is 2.85. The summed E-state index contributed by atoms with van der Waals surface area (Å²) in [6.07, 6.45) is 0.872. The molecule has 0 amide bonds. The maximum atomic E-state index is 9.13. The number of hydrogen-bond acceptors (Lipinski definition) is 5. The van der Waals surface area contributed by atoms with Gasteiger partial charge in [-0.3, -0.25) is 0 Å². The van der Waals surface area contributed by atoms with Gasteiger partial charge in [-0.15, -0.1) is 10.2 Å². The fourth-order valence-electron chi connectivity index (χ4n) is 1.91. The molecule has 5 nitrogen and oxygen atoms in total. The van der Waals surface area contributed by atoms with Gasteiger partial charge in [-0.2, -0.15) is 5.26 Å². The Morgan fingerprint density at radius 1 is 1.37 bits per heavy atom. The van der Waals surface area contributed by atoms with Gasteiger partial charge in [0.05, 0.1) is 11.2 Å². The first-order valence-electron chi connectivity index (χ1n) is 6.16. The van der Waals surface area contributed by atoms with Gasteiger partial charge in [0.1, 0.15) is 6.07 Å². The molecule has 1 N–H and O–H groups in total. The quantitative estimate of drug-likeness (QED) is 0.831. The third kappa shape index (κ3) is 2.98. The van der Waals surface area contributed by atoms with Gasteiger partial charge in [0.2, 0.25) is 0 Å². The average Bonchev–Trinajstić information content (AvgIpc) is 2.43. The fraction of sp³-hybridized carbons (Fsp3) is 0.357. The molecule has 0 atom stereocenters. The van der Waals surface area contributed by atoms with E-state index in [-0.39, 0.29) is 0 Å². The second-order valence-corrected chi connectivity index (χ2v) is 4.33. The zero-order valence-corrected chi connectivity index (χ0v) is 11.1. The van der Waals surface area contributed by atoms with Gasteiger partial charge in [-0.1, -0.05) is 11.6 Å². The fourth-order valence-corrected chi connectivity index (χ4v) is 1.91. The van der Waals surface area contributed by atoms with Crippen LogP contribution in [0.3, 0.4) is 0 Å². The maximum Gasteiger partial charge on any atom is 0.186 e. The average molecular weight is 256 g/mol. The van der Waals surface area contributed by atoms with Gasteiger partial charge in [0, 0.05) is 25.6 Å². The molecule has 0 fully saturated rings. The highest BCUT2D eigenvalue weighted by atomic mass is 16.5. The Bertz CT molecular complexity index is 619. The maximum absolute atomic E-state index is 9.13. The van der Waals surface area contributed by atoms with E-state index < -0.39 is 0 Å². The van der Waals surface area contributed by atoms with Crippen LogP contribution >= 0.6 is 0 Å². The predicted molar refractivity (Wildman–Crippen MR) is 74.0 cm³/mol. The molecule has 0 aliphatic carbocycles. The predicted octanol–water partition coefficient (Wildman–Crippen LogP) is 2.26. The molecule has 0 radical (unpaired) electrons. The van der Waals surface area contributed by atoms with Crippen molar-refractivity contribution in [2.24, 2.45) is 0 Å². The highest BCUT2D eigenvalue weighted by Gasteiger charge is 2.10. The molecule has 1 heterocycles. The number of benzene rings is 1. The molecule has 0 saturated carbocycles. The van der Waals surface area contributed by atoms with Gasteiger partial charge in [0.15, 0.2) is 5.69 Å². The zero-order chi connectivity index (χ0) is 13.7. The SMILES string of the molecule is COCCCNc1c(C#N)nnc2ccc(C)cc12. The number of nitrogens with one attached hydrogen (secondary N) is 1. The lowest BCUT2D eigenvalue weighted by molar-refractivity contribution is 0.198. The first kappa shape index (κ1) is 13.2. The molecule has 2 aromatic rings. The van der Waals surface area contributed by atoms with Gasteiger partial charge in [0.25, 0.3) is 0 Å². The van der Waals surface area contributed by atoms with Crippen molar-refractivity contribution in [1.82, 2.24) is 10.2 Å². The molecule has 0 aliphatic rings. The standard InChI is InChI=1S/C14H16N4O/c1-10-4-5-12-11(8-10)14(13(9-15)18-17-12)16-6-3-7-19-2/h4-5,8H,3,6-7H2,1-2H3,(H,16,17). The van der Waals surface area contributed by atoms with Crippen LogP contribution in [-0.4, -0.2) is 30.5 Å². The second-order valence-electron chi connectivity index (χ2n) is 4.33. The van der Waals surface area contributed by atoms with E-state index in [0.29, 0.717) is 12.3 Å². The van der Waals surface area contributed by atoms with Crippen molar-refractivity contribution in [2.75, 3.05) is 25.6 Å². The van der Waals surface area contributed by atoms with Crippen LogP contribution in [0.15, 0.2) is 18.2 Å². The minimum atomic E-state index is 0.329. The van der Waals surface area contributed by atoms with E-state index in [9.17, 15) is 0 Å². The number of rotatable bonds is 5. The largest absolute Gasteiger partial charge is 0.385 e. The number of aromatic nitrogens is 2. The first-order chi connectivity index (χ1) is 9.26. The number of ether oxygens (including phenoxy) is 1. The van der Waals surface area contributed by atoms with Crippen molar-refractivity contribution >= 4 is 16.6 Å². The molecular formula is C14H16N4O. The van der Waals surface area contributed by atoms with Gasteiger partial charge >= 0.3 is 0 Å². The summed E-state index contributed by atoms with van der Waals surface area (Å²) in [4.78, 5) is 0. The summed E-state index contributed by atoms with van der Waals surface area (Å²) in [7, 11) is 1.67. The number of anilines is 1. The zero-order valence-electron chi connectivity index (χ0n) is 11.1. The first-order valence-corrected chi connectivity index (χ1v) is 6.16. The lowest BCUT2D eigenvalue weighted by Gasteiger charge is -2.10. The van der Waals surface area contributed by atoms with E-state index in [1.807, 2.05) is 25.1 Å². The lowest BCUT2D eigenvalue weighted by atomic mass is 10.1. The van der Waals surface area contributed by atoms with Crippen LogP contribution in [0, 0.1) is 18.3 Å². The monoisotopic (exact) mass is 256 g/mol. The molecule has 0 saturated heterocycles. The Morgan fingerprint density at radius 3 is 2.95 bits per heavy atom. The summed E-state index contributed by atoms with van der Waals surface area (Å²) in [5, 5.41) is 21.3. The molecule has 1 aromatic carbocycles. The summed E-state index contributed by atoms with van der Waals surface area (Å²) in [6, 6.07) is 8.00. The second kappa shape index (κ2) is 6.12. The minimum Gasteiger partial charge on any atom is -0.385 e. The van der Waals surface area contributed by atoms with E-state index in [4.69, 9.17) is 10.00 Å². The van der Waals surface area contributed by atoms with Crippen molar-refractivity contribution in [3.63, 3.8) is 0 Å². The van der Waals surface area contributed by atoms with Crippen LogP contribution in [0.5, 0.6) is 0 Å². The number of aryl methyl sites for hydroxylation is 1. The summed E-state index contributed by atoms with van der Waals surface area (Å²) in [5.41, 5.74) is 3.01. The van der Waals surface area contributed by atoms with Crippen molar-refractivity contribution in [1.29, 1.82) is 5.26 Å². The Morgan fingerprint density at radius 2 is 2.21 bits per heavy atom. The van der Waals surface area contributed by atoms with Crippen LogP contribution in [0.25, 0.3) is 10.9 Å². The van der Waals surface area contributed by atoms with Gasteiger partial charge < -0.3 is 10.1 Å². The molecule has 0 bridgehead atoms. The van der Waals surface area contributed by atoms with Crippen molar-refractivity contribution < 1.29 is 4.74 Å². The Labute approximate surface area is 112 Å². The molecule has 0 spiro atoms. The number of methoxy groups -OCH3 is 1. The summed E-state index contributed by atoms with van der Waals surface area (Å²) in [5.74, 6) is 0. The van der Waals surface area contributed by atoms with Crippen LogP contribution < -0.4 is 5.32 Å². The minimum absolute atomic E-state index is 0.329. The smallest absolute Gasteiger partial charge is 0.186 e. The molecule has 98 valence electrons. The highest BCUT2D eigenvalue weighted by Crippen LogP contribution is 2.24. The number of hydrogen-bond donors (Lipinski definition) is 1. The normalized spacial score (nSPS) is 10.4. The molecule has 1 aromatic heterocycles. The van der Waals surface area contributed by atoms with Gasteiger partial charge in [-0.05, 0) is 25.5 Å². The van der Waals surface area contributed by atoms with Crippen molar-refractivity contribution in [2.45, 2.75) is 13.3 Å². The molecular weight excluding hydrogens is 240 g/mol. The van der Waals surface area contributed by atoms with E-state index in [1.54, 1.807) is 7.11 Å².